The van der Waals surface area contributed by atoms with Gasteiger partial charge in [0.25, 0.3) is 0 Å². The van der Waals surface area contributed by atoms with E-state index in [9.17, 15) is 0 Å². The van der Waals surface area contributed by atoms with Gasteiger partial charge in [0.15, 0.2) is 0 Å². The van der Waals surface area contributed by atoms with Crippen molar-refractivity contribution in [1.82, 2.24) is 10.3 Å². The van der Waals surface area contributed by atoms with Gasteiger partial charge in [-0.05, 0) is 42.9 Å². The molecule has 1 aromatic heterocycles. The van der Waals surface area contributed by atoms with Crippen LogP contribution in [-0.4, -0.2) is 22.5 Å². The summed E-state index contributed by atoms with van der Waals surface area (Å²) in [5, 5.41) is 3.68. The highest BCUT2D eigenvalue weighted by Gasteiger charge is 2.16. The minimum absolute atomic E-state index is 0.423. The molecule has 0 spiro atoms. The molecule has 2 rings (SSSR count). The van der Waals surface area contributed by atoms with Crippen molar-refractivity contribution < 1.29 is 0 Å². The summed E-state index contributed by atoms with van der Waals surface area (Å²) in [6.07, 6.45) is 6.38. The van der Waals surface area contributed by atoms with Crippen molar-refractivity contribution in [2.45, 2.75) is 31.8 Å². The molecule has 82 valence electrons. The summed E-state index contributed by atoms with van der Waals surface area (Å²) in [6.45, 7) is 2.22. The number of hydrogen-bond acceptors (Lipinski definition) is 3. The highest BCUT2D eigenvalue weighted by Crippen LogP contribution is 2.20. The average Bonchev–Trinajstić information content (AvgIpc) is 2.31. The molecule has 15 heavy (non-hydrogen) atoms. The van der Waals surface area contributed by atoms with Crippen molar-refractivity contribution >= 4 is 11.8 Å². The summed E-state index contributed by atoms with van der Waals surface area (Å²) in [7, 11) is 0. The Bertz CT molecular complexity index is 283. The lowest BCUT2D eigenvalue weighted by Crippen LogP contribution is -2.34. The van der Waals surface area contributed by atoms with Gasteiger partial charge >= 0.3 is 0 Å². The van der Waals surface area contributed by atoms with E-state index in [-0.39, 0.29) is 0 Å². The Morgan fingerprint density at radius 1 is 1.47 bits per heavy atom. The van der Waals surface area contributed by atoms with E-state index in [0.29, 0.717) is 12.1 Å². The van der Waals surface area contributed by atoms with E-state index in [1.807, 2.05) is 18.5 Å². The number of nitrogens with zero attached hydrogens (tertiary/aromatic N) is 1. The molecule has 0 bridgehead atoms. The second kappa shape index (κ2) is 5.52. The fourth-order valence-corrected chi connectivity index (χ4v) is 3.05. The van der Waals surface area contributed by atoms with Crippen LogP contribution >= 0.6 is 11.8 Å². The topological polar surface area (TPSA) is 24.9 Å². The van der Waals surface area contributed by atoms with Gasteiger partial charge in [-0.25, -0.2) is 0 Å². The predicted octanol–water partition coefficient (Wildman–Crippen LogP) is 2.63. The van der Waals surface area contributed by atoms with Crippen molar-refractivity contribution in [3.8, 4) is 0 Å². The number of nitrogens with one attached hydrogen (secondary N) is 1. The number of hydrogen-bond donors (Lipinski definition) is 1. The molecule has 1 saturated heterocycles. The number of aromatic nitrogens is 1. The van der Waals surface area contributed by atoms with E-state index in [0.717, 1.165) is 0 Å². The maximum atomic E-state index is 4.15. The van der Waals surface area contributed by atoms with Gasteiger partial charge in [-0.15, -0.1) is 0 Å². The lowest BCUT2D eigenvalue weighted by atomic mass is 10.1. The molecular weight excluding hydrogens is 204 g/mol. The monoisotopic (exact) mass is 222 g/mol. The molecule has 0 aromatic carbocycles. The third-order valence-electron chi connectivity index (χ3n) is 2.89. The summed E-state index contributed by atoms with van der Waals surface area (Å²) in [4.78, 5) is 4.15. The van der Waals surface area contributed by atoms with E-state index in [2.05, 4.69) is 35.1 Å². The van der Waals surface area contributed by atoms with Crippen LogP contribution in [0.1, 0.15) is 31.4 Å². The highest BCUT2D eigenvalue weighted by atomic mass is 32.2. The third-order valence-corrected chi connectivity index (χ3v) is 3.94. The molecule has 0 saturated carbocycles. The first-order valence-corrected chi connectivity index (χ1v) is 6.75. The van der Waals surface area contributed by atoms with Gasteiger partial charge in [-0.2, -0.15) is 11.8 Å². The first kappa shape index (κ1) is 11.0. The Balaban J connectivity index is 1.88. The second-order valence-electron chi connectivity index (χ2n) is 4.06. The average molecular weight is 222 g/mol. The van der Waals surface area contributed by atoms with Crippen LogP contribution < -0.4 is 5.32 Å². The molecule has 0 amide bonds. The molecule has 1 atom stereocenters. The normalized spacial score (nSPS) is 20.1. The van der Waals surface area contributed by atoms with E-state index >= 15 is 0 Å². The minimum Gasteiger partial charge on any atom is -0.307 e. The Labute approximate surface area is 95.9 Å². The lowest BCUT2D eigenvalue weighted by Gasteiger charge is -2.26. The van der Waals surface area contributed by atoms with Crippen molar-refractivity contribution in [2.24, 2.45) is 0 Å². The van der Waals surface area contributed by atoms with Crippen LogP contribution in [0, 0.1) is 0 Å². The van der Waals surface area contributed by atoms with Crippen LogP contribution in [0.15, 0.2) is 24.5 Å². The fraction of sp³-hybridized carbons (Fsp3) is 0.583. The van der Waals surface area contributed by atoms with Crippen molar-refractivity contribution in [3.05, 3.63) is 30.1 Å². The maximum absolute atomic E-state index is 4.15. The molecular formula is C12H18N2S. The summed E-state index contributed by atoms with van der Waals surface area (Å²) < 4.78 is 0. The van der Waals surface area contributed by atoms with Crippen molar-refractivity contribution in [3.63, 3.8) is 0 Å². The number of thioether (sulfide) groups is 1. The van der Waals surface area contributed by atoms with E-state index in [1.165, 1.54) is 29.9 Å². The Morgan fingerprint density at radius 2 is 2.27 bits per heavy atom. The Morgan fingerprint density at radius 3 is 2.93 bits per heavy atom. The van der Waals surface area contributed by atoms with Gasteiger partial charge in [-0.3, -0.25) is 4.98 Å². The maximum Gasteiger partial charge on any atom is 0.0315 e. The molecule has 1 N–H and O–H groups in total. The van der Waals surface area contributed by atoms with Gasteiger partial charge in [0, 0.05) is 24.5 Å². The zero-order valence-corrected chi connectivity index (χ0v) is 9.96. The van der Waals surface area contributed by atoms with E-state index in [4.69, 9.17) is 0 Å². The molecule has 0 radical (unpaired) electrons. The molecule has 1 fully saturated rings. The van der Waals surface area contributed by atoms with Crippen LogP contribution in [0.3, 0.4) is 0 Å². The van der Waals surface area contributed by atoms with Gasteiger partial charge in [0.05, 0.1) is 0 Å². The molecule has 1 aromatic rings. The molecule has 0 unspecified atom stereocenters. The molecule has 2 nitrogen and oxygen atoms in total. The first-order chi connectivity index (χ1) is 7.36. The van der Waals surface area contributed by atoms with Crippen LogP contribution in [0.2, 0.25) is 0 Å². The highest BCUT2D eigenvalue weighted by molar-refractivity contribution is 7.99. The predicted molar refractivity (Wildman–Crippen MR) is 66.1 cm³/mol. The van der Waals surface area contributed by atoms with Gasteiger partial charge in [0.1, 0.15) is 0 Å². The lowest BCUT2D eigenvalue weighted by molar-refractivity contribution is 0.430. The summed E-state index contributed by atoms with van der Waals surface area (Å²) in [5.74, 6) is 2.61. The van der Waals surface area contributed by atoms with Gasteiger partial charge in [0.2, 0.25) is 0 Å². The zero-order chi connectivity index (χ0) is 10.5. The quantitative estimate of drug-likeness (QED) is 0.851. The van der Waals surface area contributed by atoms with E-state index in [1.54, 1.807) is 0 Å². The molecule has 1 aliphatic heterocycles. The molecule has 1 aliphatic rings. The van der Waals surface area contributed by atoms with Crippen molar-refractivity contribution in [1.29, 1.82) is 0 Å². The van der Waals surface area contributed by atoms with Crippen LogP contribution in [0.4, 0.5) is 0 Å². The fourth-order valence-electron chi connectivity index (χ4n) is 1.95. The SMILES string of the molecule is C[C@@H](NC1CCSCC1)c1cccnc1. The van der Waals surface area contributed by atoms with Crippen molar-refractivity contribution in [2.75, 3.05) is 11.5 Å². The molecule has 3 heteroatoms. The van der Waals surface area contributed by atoms with Crippen LogP contribution in [0.5, 0.6) is 0 Å². The largest absolute Gasteiger partial charge is 0.307 e. The Hall–Kier alpha value is -0.540. The minimum atomic E-state index is 0.423. The summed E-state index contributed by atoms with van der Waals surface area (Å²) >= 11 is 2.07. The van der Waals surface area contributed by atoms with E-state index < -0.39 is 0 Å². The molecule has 0 aliphatic carbocycles. The third kappa shape index (κ3) is 3.21. The second-order valence-corrected chi connectivity index (χ2v) is 5.29. The van der Waals surface area contributed by atoms with Gasteiger partial charge in [-0.1, -0.05) is 6.07 Å². The first-order valence-electron chi connectivity index (χ1n) is 5.60. The zero-order valence-electron chi connectivity index (χ0n) is 9.15. The number of pyridine rings is 1. The summed E-state index contributed by atoms with van der Waals surface area (Å²) in [5.41, 5.74) is 1.29. The van der Waals surface area contributed by atoms with Gasteiger partial charge < -0.3 is 5.32 Å². The number of rotatable bonds is 3. The standard InChI is InChI=1S/C12H18N2S/c1-10(11-3-2-6-13-9-11)14-12-4-7-15-8-5-12/h2-3,6,9-10,12,14H,4-5,7-8H2,1H3/t10-/m1/s1. The summed E-state index contributed by atoms with van der Waals surface area (Å²) in [6, 6.07) is 5.26. The van der Waals surface area contributed by atoms with Crippen LogP contribution in [-0.2, 0) is 0 Å². The van der Waals surface area contributed by atoms with Crippen LogP contribution in [0.25, 0.3) is 0 Å². The molecule has 2 heterocycles. The smallest absolute Gasteiger partial charge is 0.0315 e. The Kier molecular flexibility index (Phi) is 4.03.